The van der Waals surface area contributed by atoms with Crippen LogP contribution in [-0.4, -0.2) is 54.8 Å². The fourth-order valence-corrected chi connectivity index (χ4v) is 3.87. The number of nitrogens with zero attached hydrogens (tertiary/aromatic N) is 3. The number of benzene rings is 1. The quantitative estimate of drug-likeness (QED) is 0.810. The van der Waals surface area contributed by atoms with Gasteiger partial charge in [-0.3, -0.25) is 4.79 Å². The van der Waals surface area contributed by atoms with Crippen molar-refractivity contribution in [2.24, 2.45) is 5.10 Å². The molecule has 0 saturated carbocycles. The number of carbonyl (C=O) groups is 2. The molecule has 0 saturated heterocycles. The molecular weight excluding hydrogens is 376 g/mol. The fourth-order valence-electron chi connectivity index (χ4n) is 3.15. The smallest absolute Gasteiger partial charge is 0.317 e. The molecule has 0 spiro atoms. The van der Waals surface area contributed by atoms with Crippen LogP contribution in [0.5, 0.6) is 5.75 Å². The summed E-state index contributed by atoms with van der Waals surface area (Å²) in [4.78, 5) is 27.4. The lowest BCUT2D eigenvalue weighted by atomic mass is 10.00. The molecule has 2 heterocycles. The van der Waals surface area contributed by atoms with Crippen molar-refractivity contribution < 1.29 is 14.3 Å². The summed E-state index contributed by atoms with van der Waals surface area (Å²) in [5.41, 5.74) is 1.76. The number of nitrogens with one attached hydrogen (secondary N) is 1. The summed E-state index contributed by atoms with van der Waals surface area (Å²) >= 11 is 1.59. The van der Waals surface area contributed by atoms with Crippen LogP contribution in [0.1, 0.15) is 29.8 Å². The van der Waals surface area contributed by atoms with E-state index in [1.54, 1.807) is 25.5 Å². The molecule has 2 aromatic rings. The average Bonchev–Trinajstić information content (AvgIpc) is 3.37. The van der Waals surface area contributed by atoms with E-state index in [9.17, 15) is 9.59 Å². The third-order valence-corrected chi connectivity index (χ3v) is 5.44. The number of likely N-dealkylation sites (N-methyl/N-ethyl adjacent to an activating group) is 1. The molecule has 28 heavy (non-hydrogen) atoms. The van der Waals surface area contributed by atoms with Gasteiger partial charge in [0.15, 0.2) is 0 Å². The molecule has 1 aliphatic heterocycles. The van der Waals surface area contributed by atoms with E-state index in [0.29, 0.717) is 18.7 Å². The van der Waals surface area contributed by atoms with Crippen LogP contribution in [0.3, 0.4) is 0 Å². The van der Waals surface area contributed by atoms with Gasteiger partial charge in [0.05, 0.1) is 23.7 Å². The summed E-state index contributed by atoms with van der Waals surface area (Å²) in [6, 6.07) is 11.0. The number of urea groups is 1. The van der Waals surface area contributed by atoms with Crippen molar-refractivity contribution in [3.05, 3.63) is 52.2 Å². The summed E-state index contributed by atoms with van der Waals surface area (Å²) in [5, 5.41) is 10.8. The number of ether oxygens (including phenoxy) is 1. The predicted octanol–water partition coefficient (Wildman–Crippen LogP) is 3.10. The van der Waals surface area contributed by atoms with E-state index in [0.717, 1.165) is 16.2 Å². The number of thiophene rings is 1. The third kappa shape index (κ3) is 4.17. The van der Waals surface area contributed by atoms with Gasteiger partial charge in [0.1, 0.15) is 12.3 Å². The third-order valence-electron chi connectivity index (χ3n) is 4.52. The van der Waals surface area contributed by atoms with Gasteiger partial charge < -0.3 is 15.0 Å². The molecule has 8 heteroatoms. The van der Waals surface area contributed by atoms with Crippen LogP contribution in [0, 0.1) is 0 Å². The molecule has 0 fully saturated rings. The van der Waals surface area contributed by atoms with Gasteiger partial charge in [0.25, 0.3) is 5.91 Å². The Morgan fingerprint density at radius 3 is 2.79 bits per heavy atom. The van der Waals surface area contributed by atoms with E-state index in [2.05, 4.69) is 10.4 Å². The highest BCUT2D eigenvalue weighted by atomic mass is 32.1. The second kappa shape index (κ2) is 8.88. The Hall–Kier alpha value is -2.87. The van der Waals surface area contributed by atoms with Crippen molar-refractivity contribution in [3.8, 4) is 5.75 Å². The first-order chi connectivity index (χ1) is 13.5. The standard InChI is InChI=1S/C20H24N4O3S/c1-4-21-20(26)23(2)13-19(25)24-16(14-8-5-6-9-17(14)27-3)12-15(22-24)18-10-7-11-28-18/h5-11,16H,4,12-13H2,1-3H3,(H,21,26)/t16-/m1/s1. The molecular formula is C20H24N4O3S. The summed E-state index contributed by atoms with van der Waals surface area (Å²) < 4.78 is 5.50. The minimum atomic E-state index is -0.286. The number of methoxy groups -OCH3 is 1. The average molecular weight is 401 g/mol. The van der Waals surface area contributed by atoms with Gasteiger partial charge in [-0.15, -0.1) is 11.3 Å². The number of para-hydroxylation sites is 1. The van der Waals surface area contributed by atoms with Gasteiger partial charge in [0.2, 0.25) is 0 Å². The van der Waals surface area contributed by atoms with Crippen molar-refractivity contribution in [1.29, 1.82) is 0 Å². The maximum absolute atomic E-state index is 13.0. The minimum absolute atomic E-state index is 0.0568. The van der Waals surface area contributed by atoms with Crippen LogP contribution in [0.2, 0.25) is 0 Å². The van der Waals surface area contributed by atoms with Crippen molar-refractivity contribution in [2.75, 3.05) is 27.2 Å². The Kier molecular flexibility index (Phi) is 6.30. The van der Waals surface area contributed by atoms with Gasteiger partial charge >= 0.3 is 6.03 Å². The Morgan fingerprint density at radius 2 is 2.11 bits per heavy atom. The van der Waals surface area contributed by atoms with E-state index in [4.69, 9.17) is 4.74 Å². The van der Waals surface area contributed by atoms with Crippen LogP contribution < -0.4 is 10.1 Å². The Morgan fingerprint density at radius 1 is 1.32 bits per heavy atom. The van der Waals surface area contributed by atoms with Crippen molar-refractivity contribution in [2.45, 2.75) is 19.4 Å². The maximum Gasteiger partial charge on any atom is 0.317 e. The van der Waals surface area contributed by atoms with Gasteiger partial charge in [-0.2, -0.15) is 5.10 Å². The summed E-state index contributed by atoms with van der Waals surface area (Å²) in [6.45, 7) is 2.29. The Balaban J connectivity index is 1.88. The first-order valence-electron chi connectivity index (χ1n) is 9.10. The van der Waals surface area contributed by atoms with E-state index in [1.807, 2.05) is 48.7 Å². The summed E-state index contributed by atoms with van der Waals surface area (Å²) in [7, 11) is 3.21. The lowest BCUT2D eigenvalue weighted by molar-refractivity contribution is -0.133. The van der Waals surface area contributed by atoms with E-state index < -0.39 is 0 Å². The fraction of sp³-hybridized carbons (Fsp3) is 0.350. The van der Waals surface area contributed by atoms with E-state index in [-0.39, 0.29) is 24.5 Å². The lowest BCUT2D eigenvalue weighted by Gasteiger charge is -2.25. The Labute approximate surface area is 168 Å². The number of rotatable bonds is 6. The number of hydrogen-bond donors (Lipinski definition) is 1. The van der Waals surface area contributed by atoms with Crippen LogP contribution in [-0.2, 0) is 4.79 Å². The van der Waals surface area contributed by atoms with Crippen molar-refractivity contribution in [1.82, 2.24) is 15.2 Å². The van der Waals surface area contributed by atoms with E-state index >= 15 is 0 Å². The zero-order valence-electron chi connectivity index (χ0n) is 16.2. The molecule has 3 amide bonds. The lowest BCUT2D eigenvalue weighted by Crippen LogP contribution is -2.43. The molecule has 1 atom stereocenters. The molecule has 0 bridgehead atoms. The highest BCUT2D eigenvalue weighted by molar-refractivity contribution is 7.12. The maximum atomic E-state index is 13.0. The van der Waals surface area contributed by atoms with Crippen molar-refractivity contribution in [3.63, 3.8) is 0 Å². The number of hydrazone groups is 1. The highest BCUT2D eigenvalue weighted by Gasteiger charge is 2.35. The van der Waals surface area contributed by atoms with E-state index in [1.165, 1.54) is 9.91 Å². The zero-order chi connectivity index (χ0) is 20.1. The van der Waals surface area contributed by atoms with Crippen LogP contribution >= 0.6 is 11.3 Å². The normalized spacial score (nSPS) is 15.9. The first-order valence-corrected chi connectivity index (χ1v) is 9.98. The van der Waals surface area contributed by atoms with Gasteiger partial charge in [0, 0.05) is 25.6 Å². The van der Waals surface area contributed by atoms with Gasteiger partial charge in [-0.25, -0.2) is 9.80 Å². The minimum Gasteiger partial charge on any atom is -0.496 e. The van der Waals surface area contributed by atoms with Crippen molar-refractivity contribution >= 4 is 29.0 Å². The molecule has 0 unspecified atom stereocenters. The number of hydrogen-bond acceptors (Lipinski definition) is 5. The second-order valence-electron chi connectivity index (χ2n) is 6.42. The SMILES string of the molecule is CCNC(=O)N(C)CC(=O)N1N=C(c2cccs2)C[C@@H]1c1ccccc1OC. The van der Waals surface area contributed by atoms with Crippen LogP contribution in [0.15, 0.2) is 46.9 Å². The topological polar surface area (TPSA) is 74.2 Å². The highest BCUT2D eigenvalue weighted by Crippen LogP contribution is 2.37. The monoisotopic (exact) mass is 400 g/mol. The molecule has 1 aromatic carbocycles. The van der Waals surface area contributed by atoms with Crippen LogP contribution in [0.25, 0.3) is 0 Å². The number of amides is 3. The summed E-state index contributed by atoms with van der Waals surface area (Å²) in [5.74, 6) is 0.473. The largest absolute Gasteiger partial charge is 0.496 e. The Bertz CT molecular complexity index is 866. The molecule has 0 aliphatic carbocycles. The molecule has 0 radical (unpaired) electrons. The van der Waals surface area contributed by atoms with Crippen LogP contribution in [0.4, 0.5) is 4.79 Å². The molecule has 1 aromatic heterocycles. The predicted molar refractivity (Wildman–Crippen MR) is 110 cm³/mol. The molecule has 1 N–H and O–H groups in total. The molecule has 3 rings (SSSR count). The summed E-state index contributed by atoms with van der Waals surface area (Å²) in [6.07, 6.45) is 0.595. The van der Waals surface area contributed by atoms with Gasteiger partial charge in [-0.1, -0.05) is 24.3 Å². The van der Waals surface area contributed by atoms with Gasteiger partial charge in [-0.05, 0) is 24.4 Å². The molecule has 1 aliphatic rings. The first kappa shape index (κ1) is 19.9. The zero-order valence-corrected chi connectivity index (χ0v) is 17.0. The second-order valence-corrected chi connectivity index (χ2v) is 7.36. The molecule has 7 nitrogen and oxygen atoms in total. The molecule has 148 valence electrons. The number of carbonyl (C=O) groups excluding carboxylic acids is 2.